The number of anilines is 1. The van der Waals surface area contributed by atoms with Crippen LogP contribution in [-0.4, -0.2) is 16.9 Å². The Labute approximate surface area is 95.3 Å². The average molecular weight is 219 g/mol. The molecular formula is C12H17N3O. The average Bonchev–Trinajstić information content (AvgIpc) is 3.01. The van der Waals surface area contributed by atoms with E-state index >= 15 is 0 Å². The number of rotatable bonds is 4. The van der Waals surface area contributed by atoms with E-state index < -0.39 is 0 Å². The van der Waals surface area contributed by atoms with Gasteiger partial charge in [0, 0.05) is 24.1 Å². The van der Waals surface area contributed by atoms with E-state index in [0.717, 1.165) is 12.3 Å². The highest BCUT2D eigenvalue weighted by Gasteiger charge is 2.24. The van der Waals surface area contributed by atoms with Gasteiger partial charge in [-0.3, -0.25) is 9.78 Å². The monoisotopic (exact) mass is 219 g/mol. The first-order chi connectivity index (χ1) is 7.66. The van der Waals surface area contributed by atoms with Crippen molar-refractivity contribution in [2.24, 2.45) is 5.92 Å². The van der Waals surface area contributed by atoms with E-state index in [0.29, 0.717) is 11.3 Å². The van der Waals surface area contributed by atoms with E-state index in [2.05, 4.69) is 10.3 Å². The fourth-order valence-corrected chi connectivity index (χ4v) is 1.81. The zero-order chi connectivity index (χ0) is 11.5. The van der Waals surface area contributed by atoms with Crippen molar-refractivity contribution in [3.8, 4) is 0 Å². The summed E-state index contributed by atoms with van der Waals surface area (Å²) in [6.07, 6.45) is 6.75. The van der Waals surface area contributed by atoms with Crippen molar-refractivity contribution in [3.05, 3.63) is 24.0 Å². The summed E-state index contributed by atoms with van der Waals surface area (Å²) in [5.74, 6) is 0.681. The first kappa shape index (κ1) is 10.9. The molecule has 1 fully saturated rings. The van der Waals surface area contributed by atoms with Gasteiger partial charge < -0.3 is 11.1 Å². The number of carbonyl (C=O) groups is 1. The molecule has 86 valence electrons. The Kier molecular flexibility index (Phi) is 3.08. The van der Waals surface area contributed by atoms with Gasteiger partial charge in [0.15, 0.2) is 0 Å². The number of aromatic nitrogens is 1. The summed E-state index contributed by atoms with van der Waals surface area (Å²) in [5.41, 5.74) is 6.65. The molecule has 0 spiro atoms. The molecule has 1 amide bonds. The second-order valence-electron chi connectivity index (χ2n) is 4.52. The van der Waals surface area contributed by atoms with Crippen molar-refractivity contribution in [2.45, 2.75) is 32.2 Å². The zero-order valence-corrected chi connectivity index (χ0v) is 9.44. The predicted octanol–water partition coefficient (Wildman–Crippen LogP) is 1.58. The third-order valence-corrected chi connectivity index (χ3v) is 2.86. The van der Waals surface area contributed by atoms with Crippen LogP contribution in [0.2, 0.25) is 0 Å². The Hall–Kier alpha value is -1.58. The fraction of sp³-hybridized carbons (Fsp3) is 0.500. The summed E-state index contributed by atoms with van der Waals surface area (Å²) in [7, 11) is 0. The van der Waals surface area contributed by atoms with Gasteiger partial charge >= 0.3 is 0 Å². The first-order valence-electron chi connectivity index (χ1n) is 5.67. The minimum absolute atomic E-state index is 0.126. The number of carbonyl (C=O) groups excluding carboxylic acids is 1. The SMILES string of the molecule is CC(CC1CC1)NC(=O)c1cnccc1N. The van der Waals surface area contributed by atoms with Crippen LogP contribution in [0.15, 0.2) is 18.5 Å². The third kappa shape index (κ3) is 2.72. The molecule has 2 rings (SSSR count). The molecule has 0 aromatic carbocycles. The summed E-state index contributed by atoms with van der Waals surface area (Å²) in [4.78, 5) is 15.8. The molecule has 0 radical (unpaired) electrons. The lowest BCUT2D eigenvalue weighted by Crippen LogP contribution is -2.33. The molecule has 3 N–H and O–H groups in total. The lowest BCUT2D eigenvalue weighted by molar-refractivity contribution is 0.0938. The maximum atomic E-state index is 11.8. The highest BCUT2D eigenvalue weighted by molar-refractivity contribution is 5.98. The third-order valence-electron chi connectivity index (χ3n) is 2.86. The van der Waals surface area contributed by atoms with Gasteiger partial charge in [-0.05, 0) is 25.3 Å². The largest absolute Gasteiger partial charge is 0.398 e. The molecule has 0 aliphatic heterocycles. The molecule has 0 saturated heterocycles. The van der Waals surface area contributed by atoms with E-state index in [1.807, 2.05) is 6.92 Å². The summed E-state index contributed by atoms with van der Waals surface area (Å²) in [6.45, 7) is 2.03. The maximum absolute atomic E-state index is 11.8. The number of hydrogen-bond acceptors (Lipinski definition) is 3. The van der Waals surface area contributed by atoms with Gasteiger partial charge in [0.05, 0.1) is 5.56 Å². The minimum Gasteiger partial charge on any atom is -0.398 e. The van der Waals surface area contributed by atoms with Gasteiger partial charge in [0.25, 0.3) is 5.91 Å². The Morgan fingerprint density at radius 2 is 2.44 bits per heavy atom. The van der Waals surface area contributed by atoms with Crippen LogP contribution in [0.1, 0.15) is 36.5 Å². The molecule has 1 unspecified atom stereocenters. The Bertz CT molecular complexity index is 388. The molecule has 16 heavy (non-hydrogen) atoms. The van der Waals surface area contributed by atoms with Crippen LogP contribution in [0, 0.1) is 5.92 Å². The van der Waals surface area contributed by atoms with E-state index in [4.69, 9.17) is 5.73 Å². The lowest BCUT2D eigenvalue weighted by Gasteiger charge is -2.13. The van der Waals surface area contributed by atoms with Crippen molar-refractivity contribution in [1.82, 2.24) is 10.3 Å². The molecule has 1 aliphatic carbocycles. The maximum Gasteiger partial charge on any atom is 0.255 e. The standard InChI is InChI=1S/C12H17N3O/c1-8(6-9-2-3-9)15-12(16)10-7-14-5-4-11(10)13/h4-5,7-9H,2-3,6H2,1H3,(H2,13,14)(H,15,16). The van der Waals surface area contributed by atoms with E-state index in [9.17, 15) is 4.79 Å². The summed E-state index contributed by atoms with van der Waals surface area (Å²) in [5, 5.41) is 2.95. The Morgan fingerprint density at radius 3 is 3.06 bits per heavy atom. The van der Waals surface area contributed by atoms with Crippen molar-refractivity contribution in [2.75, 3.05) is 5.73 Å². The molecule has 4 nitrogen and oxygen atoms in total. The Balaban J connectivity index is 1.94. The van der Waals surface area contributed by atoms with E-state index in [1.54, 1.807) is 12.3 Å². The number of hydrogen-bond donors (Lipinski definition) is 2. The summed E-state index contributed by atoms with van der Waals surface area (Å²) >= 11 is 0. The van der Waals surface area contributed by atoms with Crippen molar-refractivity contribution < 1.29 is 4.79 Å². The summed E-state index contributed by atoms with van der Waals surface area (Å²) < 4.78 is 0. The van der Waals surface area contributed by atoms with Crippen LogP contribution in [0.3, 0.4) is 0 Å². The molecule has 1 atom stereocenters. The van der Waals surface area contributed by atoms with E-state index in [-0.39, 0.29) is 11.9 Å². The number of pyridine rings is 1. The number of nitrogen functional groups attached to an aromatic ring is 1. The van der Waals surface area contributed by atoms with Gasteiger partial charge in [-0.2, -0.15) is 0 Å². The van der Waals surface area contributed by atoms with Crippen LogP contribution in [0.25, 0.3) is 0 Å². The van der Waals surface area contributed by atoms with Gasteiger partial charge in [-0.25, -0.2) is 0 Å². The molecule has 1 aromatic rings. The van der Waals surface area contributed by atoms with Crippen LogP contribution in [-0.2, 0) is 0 Å². The molecule has 1 aliphatic rings. The van der Waals surface area contributed by atoms with Gasteiger partial charge in [-0.1, -0.05) is 12.8 Å². The van der Waals surface area contributed by atoms with Gasteiger partial charge in [0.2, 0.25) is 0 Å². The van der Waals surface area contributed by atoms with Crippen LogP contribution in [0.5, 0.6) is 0 Å². The molecule has 1 heterocycles. The second kappa shape index (κ2) is 4.51. The number of amides is 1. The number of nitrogens with one attached hydrogen (secondary N) is 1. The second-order valence-corrected chi connectivity index (χ2v) is 4.52. The van der Waals surface area contributed by atoms with Crippen LogP contribution < -0.4 is 11.1 Å². The minimum atomic E-state index is -0.126. The molecular weight excluding hydrogens is 202 g/mol. The highest BCUT2D eigenvalue weighted by atomic mass is 16.1. The number of nitrogens with zero attached hydrogens (tertiary/aromatic N) is 1. The molecule has 1 aromatic heterocycles. The van der Waals surface area contributed by atoms with Crippen LogP contribution in [0.4, 0.5) is 5.69 Å². The summed E-state index contributed by atoms with van der Waals surface area (Å²) in [6, 6.07) is 1.85. The highest BCUT2D eigenvalue weighted by Crippen LogP contribution is 2.33. The quantitative estimate of drug-likeness (QED) is 0.808. The molecule has 0 bridgehead atoms. The van der Waals surface area contributed by atoms with E-state index in [1.165, 1.54) is 19.0 Å². The van der Waals surface area contributed by atoms with Crippen molar-refractivity contribution in [1.29, 1.82) is 0 Å². The van der Waals surface area contributed by atoms with Crippen molar-refractivity contribution in [3.63, 3.8) is 0 Å². The zero-order valence-electron chi connectivity index (χ0n) is 9.44. The smallest absolute Gasteiger partial charge is 0.255 e. The topological polar surface area (TPSA) is 68.0 Å². The first-order valence-corrected chi connectivity index (χ1v) is 5.67. The molecule has 4 heteroatoms. The number of nitrogens with two attached hydrogens (primary N) is 1. The van der Waals surface area contributed by atoms with Crippen LogP contribution >= 0.6 is 0 Å². The van der Waals surface area contributed by atoms with Gasteiger partial charge in [-0.15, -0.1) is 0 Å². The van der Waals surface area contributed by atoms with Crippen molar-refractivity contribution >= 4 is 11.6 Å². The normalized spacial score (nSPS) is 16.8. The van der Waals surface area contributed by atoms with Gasteiger partial charge in [0.1, 0.15) is 0 Å². The predicted molar refractivity (Wildman–Crippen MR) is 62.9 cm³/mol. The fourth-order valence-electron chi connectivity index (χ4n) is 1.81. The molecule has 1 saturated carbocycles. The Morgan fingerprint density at radius 1 is 1.69 bits per heavy atom. The lowest BCUT2D eigenvalue weighted by atomic mass is 10.1.